The highest BCUT2D eigenvalue weighted by Gasteiger charge is 2.21. The molecule has 22 heavy (non-hydrogen) atoms. The topological polar surface area (TPSA) is 68.8 Å². The van der Waals surface area contributed by atoms with Crippen molar-refractivity contribution in [2.24, 2.45) is 0 Å². The van der Waals surface area contributed by atoms with Gasteiger partial charge in [-0.3, -0.25) is 0 Å². The SMILES string of the molecule is CCOCCCNC(=O)N[C@H]1COc2ccc(OC)cc2C1. The van der Waals surface area contributed by atoms with Crippen LogP contribution in [0.5, 0.6) is 11.5 Å². The summed E-state index contributed by atoms with van der Waals surface area (Å²) in [6.45, 7) is 4.40. The zero-order chi connectivity index (χ0) is 15.8. The maximum atomic E-state index is 11.8. The second-order valence-electron chi connectivity index (χ2n) is 5.14. The highest BCUT2D eigenvalue weighted by molar-refractivity contribution is 5.74. The third-order valence-corrected chi connectivity index (χ3v) is 3.46. The van der Waals surface area contributed by atoms with Crippen LogP contribution in [0.2, 0.25) is 0 Å². The Morgan fingerprint density at radius 1 is 1.45 bits per heavy atom. The molecule has 0 aromatic heterocycles. The number of methoxy groups -OCH3 is 1. The molecular weight excluding hydrogens is 284 g/mol. The summed E-state index contributed by atoms with van der Waals surface area (Å²) in [6.07, 6.45) is 1.54. The van der Waals surface area contributed by atoms with Crippen molar-refractivity contribution in [3.05, 3.63) is 23.8 Å². The Morgan fingerprint density at radius 2 is 2.32 bits per heavy atom. The van der Waals surface area contributed by atoms with E-state index in [9.17, 15) is 4.79 Å². The van der Waals surface area contributed by atoms with Gasteiger partial charge in [-0.15, -0.1) is 0 Å². The van der Waals surface area contributed by atoms with E-state index in [2.05, 4.69) is 10.6 Å². The minimum absolute atomic E-state index is 0.0357. The summed E-state index contributed by atoms with van der Waals surface area (Å²) < 4.78 is 16.1. The predicted octanol–water partition coefficient (Wildman–Crippen LogP) is 1.72. The maximum absolute atomic E-state index is 11.8. The molecule has 1 atom stereocenters. The van der Waals surface area contributed by atoms with Crippen LogP contribution in [0.4, 0.5) is 4.79 Å². The van der Waals surface area contributed by atoms with Crippen molar-refractivity contribution in [3.8, 4) is 11.5 Å². The number of amides is 2. The minimum atomic E-state index is -0.170. The van der Waals surface area contributed by atoms with E-state index >= 15 is 0 Å². The first-order valence-corrected chi connectivity index (χ1v) is 7.64. The quantitative estimate of drug-likeness (QED) is 0.753. The molecule has 1 aromatic rings. The molecule has 0 saturated carbocycles. The van der Waals surface area contributed by atoms with Crippen LogP contribution in [0.15, 0.2) is 18.2 Å². The second-order valence-corrected chi connectivity index (χ2v) is 5.14. The number of urea groups is 1. The number of carbonyl (C=O) groups excluding carboxylic acids is 1. The van der Waals surface area contributed by atoms with Crippen LogP contribution in [-0.2, 0) is 11.2 Å². The van der Waals surface area contributed by atoms with Gasteiger partial charge in [0.05, 0.1) is 13.2 Å². The van der Waals surface area contributed by atoms with Crippen LogP contribution in [-0.4, -0.2) is 45.5 Å². The second kappa shape index (κ2) is 8.48. The van der Waals surface area contributed by atoms with E-state index in [0.717, 1.165) is 29.9 Å². The number of carbonyl (C=O) groups is 1. The first-order chi connectivity index (χ1) is 10.7. The molecule has 6 nitrogen and oxygen atoms in total. The molecule has 1 aliphatic heterocycles. The molecule has 1 aliphatic rings. The number of rotatable bonds is 7. The van der Waals surface area contributed by atoms with Gasteiger partial charge < -0.3 is 24.8 Å². The lowest BCUT2D eigenvalue weighted by molar-refractivity contribution is 0.145. The molecule has 2 N–H and O–H groups in total. The fourth-order valence-corrected chi connectivity index (χ4v) is 2.35. The minimum Gasteiger partial charge on any atom is -0.497 e. The number of hydrogen-bond acceptors (Lipinski definition) is 4. The van der Waals surface area contributed by atoms with Crippen molar-refractivity contribution in [2.75, 3.05) is 33.5 Å². The van der Waals surface area contributed by atoms with Gasteiger partial charge in [0.15, 0.2) is 0 Å². The molecule has 0 unspecified atom stereocenters. The largest absolute Gasteiger partial charge is 0.497 e. The van der Waals surface area contributed by atoms with Gasteiger partial charge in [-0.25, -0.2) is 4.79 Å². The smallest absolute Gasteiger partial charge is 0.315 e. The molecule has 0 saturated heterocycles. The van der Waals surface area contributed by atoms with E-state index in [1.807, 2.05) is 25.1 Å². The van der Waals surface area contributed by atoms with E-state index in [1.54, 1.807) is 7.11 Å². The van der Waals surface area contributed by atoms with E-state index < -0.39 is 0 Å². The van der Waals surface area contributed by atoms with Crippen LogP contribution in [0.1, 0.15) is 18.9 Å². The van der Waals surface area contributed by atoms with Gasteiger partial charge in [-0.05, 0) is 43.5 Å². The van der Waals surface area contributed by atoms with Crippen molar-refractivity contribution in [1.82, 2.24) is 10.6 Å². The van der Waals surface area contributed by atoms with Crippen LogP contribution in [0.3, 0.4) is 0 Å². The Morgan fingerprint density at radius 3 is 3.09 bits per heavy atom. The van der Waals surface area contributed by atoms with Gasteiger partial charge in [0.25, 0.3) is 0 Å². The summed E-state index contributed by atoms with van der Waals surface area (Å²) in [6, 6.07) is 5.52. The Labute approximate surface area is 131 Å². The molecule has 122 valence electrons. The highest BCUT2D eigenvalue weighted by Crippen LogP contribution is 2.28. The molecule has 0 fully saturated rings. The Kier molecular flexibility index (Phi) is 6.33. The van der Waals surface area contributed by atoms with Crippen molar-refractivity contribution in [2.45, 2.75) is 25.8 Å². The molecule has 0 spiro atoms. The van der Waals surface area contributed by atoms with Crippen molar-refractivity contribution in [3.63, 3.8) is 0 Å². The molecular formula is C16H24N2O4. The molecule has 0 aliphatic carbocycles. The predicted molar refractivity (Wildman–Crippen MR) is 83.6 cm³/mol. The van der Waals surface area contributed by atoms with Crippen LogP contribution in [0, 0.1) is 0 Å². The molecule has 2 rings (SSSR count). The Bertz CT molecular complexity index is 493. The molecule has 0 bridgehead atoms. The normalized spacial score (nSPS) is 16.4. The van der Waals surface area contributed by atoms with E-state index in [1.165, 1.54) is 0 Å². The lowest BCUT2D eigenvalue weighted by Crippen LogP contribution is -2.47. The summed E-state index contributed by atoms with van der Waals surface area (Å²) in [7, 11) is 1.64. The summed E-state index contributed by atoms with van der Waals surface area (Å²) >= 11 is 0. The van der Waals surface area contributed by atoms with Gasteiger partial charge >= 0.3 is 6.03 Å². The monoisotopic (exact) mass is 308 g/mol. The average Bonchev–Trinajstić information content (AvgIpc) is 2.54. The van der Waals surface area contributed by atoms with Gasteiger partial charge in [0.1, 0.15) is 18.1 Å². The standard InChI is InChI=1S/C16H24N2O4/c1-3-21-8-4-7-17-16(19)18-13-9-12-10-14(20-2)5-6-15(12)22-11-13/h5-6,10,13H,3-4,7-9,11H2,1-2H3,(H2,17,18,19)/t13-/m1/s1. The highest BCUT2D eigenvalue weighted by atomic mass is 16.5. The molecule has 1 heterocycles. The summed E-state index contributed by atoms with van der Waals surface area (Å²) in [5.74, 6) is 1.65. The molecule has 0 radical (unpaired) electrons. The summed E-state index contributed by atoms with van der Waals surface area (Å²) in [5, 5.41) is 5.76. The number of fused-ring (bicyclic) bond motifs is 1. The maximum Gasteiger partial charge on any atom is 0.315 e. The summed E-state index contributed by atoms with van der Waals surface area (Å²) in [4.78, 5) is 11.8. The van der Waals surface area contributed by atoms with E-state index in [0.29, 0.717) is 26.4 Å². The van der Waals surface area contributed by atoms with Gasteiger partial charge in [-0.1, -0.05) is 0 Å². The van der Waals surface area contributed by atoms with Crippen molar-refractivity contribution in [1.29, 1.82) is 0 Å². The van der Waals surface area contributed by atoms with E-state index in [-0.39, 0.29) is 12.1 Å². The first-order valence-electron chi connectivity index (χ1n) is 7.64. The van der Waals surface area contributed by atoms with E-state index in [4.69, 9.17) is 14.2 Å². The number of nitrogens with one attached hydrogen (secondary N) is 2. The lowest BCUT2D eigenvalue weighted by Gasteiger charge is -2.26. The molecule has 1 aromatic carbocycles. The zero-order valence-electron chi connectivity index (χ0n) is 13.2. The third-order valence-electron chi connectivity index (χ3n) is 3.46. The van der Waals surface area contributed by atoms with Crippen LogP contribution in [0.25, 0.3) is 0 Å². The number of ether oxygens (including phenoxy) is 3. The molecule has 2 amide bonds. The first kappa shape index (κ1) is 16.4. The van der Waals surface area contributed by atoms with Crippen LogP contribution < -0.4 is 20.1 Å². The lowest BCUT2D eigenvalue weighted by atomic mass is 10.0. The fourth-order valence-electron chi connectivity index (χ4n) is 2.35. The summed E-state index contributed by atoms with van der Waals surface area (Å²) in [5.41, 5.74) is 1.05. The number of benzene rings is 1. The Hall–Kier alpha value is -1.95. The zero-order valence-corrected chi connectivity index (χ0v) is 13.2. The van der Waals surface area contributed by atoms with Crippen LogP contribution >= 0.6 is 0 Å². The van der Waals surface area contributed by atoms with Gasteiger partial charge in [0.2, 0.25) is 0 Å². The Balaban J connectivity index is 1.76. The van der Waals surface area contributed by atoms with Gasteiger partial charge in [-0.2, -0.15) is 0 Å². The van der Waals surface area contributed by atoms with Gasteiger partial charge in [0, 0.05) is 19.8 Å². The fraction of sp³-hybridized carbons (Fsp3) is 0.562. The number of hydrogen-bond donors (Lipinski definition) is 2. The van der Waals surface area contributed by atoms with Crippen molar-refractivity contribution >= 4 is 6.03 Å². The average molecular weight is 308 g/mol. The third kappa shape index (κ3) is 4.80. The molecule has 6 heteroatoms. The van der Waals surface area contributed by atoms with Crippen molar-refractivity contribution < 1.29 is 19.0 Å².